The van der Waals surface area contributed by atoms with Crippen molar-refractivity contribution >= 4 is 11.7 Å². The summed E-state index contributed by atoms with van der Waals surface area (Å²) in [6.45, 7) is 0.667. The van der Waals surface area contributed by atoms with Crippen molar-refractivity contribution in [2.24, 2.45) is 5.41 Å². The summed E-state index contributed by atoms with van der Waals surface area (Å²) in [6.07, 6.45) is 1.80. The first-order valence-corrected chi connectivity index (χ1v) is 6.05. The Morgan fingerprint density at radius 3 is 2.56 bits per heavy atom. The molecule has 0 heterocycles. The van der Waals surface area contributed by atoms with Gasteiger partial charge in [0.1, 0.15) is 5.75 Å². The minimum Gasteiger partial charge on any atom is -0.495 e. The van der Waals surface area contributed by atoms with Gasteiger partial charge in [0.2, 0.25) is 0 Å². The molecule has 0 aromatic heterocycles. The molecule has 98 valence electrons. The monoisotopic (exact) mass is 249 g/mol. The minimum absolute atomic E-state index is 0.107. The first-order valence-electron chi connectivity index (χ1n) is 6.05. The molecule has 4 nitrogen and oxygen atoms in total. The summed E-state index contributed by atoms with van der Waals surface area (Å²) < 4.78 is 10.2. The number of carbonyl (C=O) groups is 1. The lowest BCUT2D eigenvalue weighted by molar-refractivity contribution is -0.146. The molecule has 1 aliphatic carbocycles. The van der Waals surface area contributed by atoms with Crippen molar-refractivity contribution in [2.75, 3.05) is 32.7 Å². The Bertz CT molecular complexity index is 440. The van der Waals surface area contributed by atoms with Gasteiger partial charge in [-0.05, 0) is 25.0 Å². The molecule has 0 N–H and O–H groups in total. The second kappa shape index (κ2) is 4.88. The molecule has 18 heavy (non-hydrogen) atoms. The van der Waals surface area contributed by atoms with Crippen molar-refractivity contribution in [3.63, 3.8) is 0 Å². The molecule has 1 fully saturated rings. The summed E-state index contributed by atoms with van der Waals surface area (Å²) in [4.78, 5) is 13.8. The Balaban J connectivity index is 2.13. The smallest absolute Gasteiger partial charge is 0.313 e. The molecule has 1 aromatic rings. The van der Waals surface area contributed by atoms with Gasteiger partial charge in [0.15, 0.2) is 0 Å². The molecule has 0 amide bonds. The number of anilines is 1. The molecule has 0 atom stereocenters. The van der Waals surface area contributed by atoms with Crippen molar-refractivity contribution in [3.05, 3.63) is 24.3 Å². The van der Waals surface area contributed by atoms with Crippen LogP contribution in [0.2, 0.25) is 0 Å². The van der Waals surface area contributed by atoms with Crippen LogP contribution in [0.4, 0.5) is 5.69 Å². The van der Waals surface area contributed by atoms with Gasteiger partial charge in [0, 0.05) is 13.6 Å². The molecule has 0 radical (unpaired) electrons. The number of hydrogen-bond donors (Lipinski definition) is 0. The second-order valence-electron chi connectivity index (χ2n) is 4.80. The molecule has 0 saturated heterocycles. The Morgan fingerprint density at radius 2 is 2.00 bits per heavy atom. The lowest BCUT2D eigenvalue weighted by Gasteiger charge is -2.25. The van der Waals surface area contributed by atoms with Gasteiger partial charge in [-0.2, -0.15) is 0 Å². The van der Waals surface area contributed by atoms with Crippen molar-refractivity contribution < 1.29 is 14.3 Å². The lowest BCUT2D eigenvalue weighted by Crippen LogP contribution is -2.32. The number of nitrogens with zero attached hydrogens (tertiary/aromatic N) is 1. The van der Waals surface area contributed by atoms with E-state index in [1.54, 1.807) is 7.11 Å². The normalized spacial score (nSPS) is 15.9. The molecule has 2 rings (SSSR count). The largest absolute Gasteiger partial charge is 0.495 e. The fourth-order valence-corrected chi connectivity index (χ4v) is 2.28. The van der Waals surface area contributed by atoms with E-state index in [9.17, 15) is 4.79 Å². The highest BCUT2D eigenvalue weighted by Gasteiger charge is 2.51. The van der Waals surface area contributed by atoms with E-state index in [4.69, 9.17) is 9.47 Å². The zero-order valence-electron chi connectivity index (χ0n) is 11.1. The van der Waals surface area contributed by atoms with Crippen molar-refractivity contribution in [1.29, 1.82) is 0 Å². The second-order valence-corrected chi connectivity index (χ2v) is 4.80. The molecular weight excluding hydrogens is 230 g/mol. The first kappa shape index (κ1) is 12.7. The Labute approximate surface area is 107 Å². The van der Waals surface area contributed by atoms with Crippen LogP contribution in [0, 0.1) is 5.41 Å². The third-order valence-corrected chi connectivity index (χ3v) is 3.51. The Hall–Kier alpha value is -1.71. The van der Waals surface area contributed by atoms with Gasteiger partial charge >= 0.3 is 5.97 Å². The van der Waals surface area contributed by atoms with Gasteiger partial charge in [0.05, 0.1) is 25.3 Å². The van der Waals surface area contributed by atoms with Crippen LogP contribution in [0.1, 0.15) is 12.8 Å². The fourth-order valence-electron chi connectivity index (χ4n) is 2.28. The summed E-state index contributed by atoms with van der Waals surface area (Å²) in [5.41, 5.74) is 0.680. The zero-order chi connectivity index (χ0) is 13.2. The number of hydrogen-bond acceptors (Lipinski definition) is 4. The SMILES string of the molecule is COC(=O)C1(CN(C)c2ccccc2OC)CC1. The summed E-state index contributed by atoms with van der Waals surface area (Å²) in [5, 5.41) is 0. The van der Waals surface area contributed by atoms with Crippen LogP contribution in [0.25, 0.3) is 0 Å². The average molecular weight is 249 g/mol. The van der Waals surface area contributed by atoms with E-state index in [0.29, 0.717) is 6.54 Å². The van der Waals surface area contributed by atoms with Crippen LogP contribution < -0.4 is 9.64 Å². The molecule has 4 heteroatoms. The minimum atomic E-state index is -0.315. The number of esters is 1. The quantitative estimate of drug-likeness (QED) is 0.749. The highest BCUT2D eigenvalue weighted by molar-refractivity contribution is 5.80. The van der Waals surface area contributed by atoms with Gasteiger partial charge in [-0.3, -0.25) is 4.79 Å². The van der Waals surface area contributed by atoms with Crippen LogP contribution in [0.5, 0.6) is 5.75 Å². The number of ether oxygens (including phenoxy) is 2. The van der Waals surface area contributed by atoms with Crippen LogP contribution in [0.15, 0.2) is 24.3 Å². The molecule has 0 aliphatic heterocycles. The standard InChI is InChI=1S/C14H19NO3/c1-15(10-14(8-9-14)13(16)18-3)11-6-4-5-7-12(11)17-2/h4-7H,8-10H2,1-3H3. The molecule has 1 saturated carbocycles. The van der Waals surface area contributed by atoms with Crippen LogP contribution >= 0.6 is 0 Å². The maximum absolute atomic E-state index is 11.7. The fraction of sp³-hybridized carbons (Fsp3) is 0.500. The van der Waals surface area contributed by atoms with Crippen LogP contribution in [-0.2, 0) is 9.53 Å². The van der Waals surface area contributed by atoms with Gasteiger partial charge in [-0.25, -0.2) is 0 Å². The molecule has 0 unspecified atom stereocenters. The van der Waals surface area contributed by atoms with E-state index in [2.05, 4.69) is 4.90 Å². The van der Waals surface area contributed by atoms with Gasteiger partial charge < -0.3 is 14.4 Å². The summed E-state index contributed by atoms with van der Waals surface area (Å²) >= 11 is 0. The molecule has 1 aromatic carbocycles. The maximum Gasteiger partial charge on any atom is 0.313 e. The predicted molar refractivity (Wildman–Crippen MR) is 69.9 cm³/mol. The molecule has 0 bridgehead atoms. The number of carbonyl (C=O) groups excluding carboxylic acids is 1. The average Bonchev–Trinajstić information content (AvgIpc) is 3.18. The summed E-state index contributed by atoms with van der Waals surface area (Å²) in [7, 11) is 5.08. The van der Waals surface area contributed by atoms with E-state index >= 15 is 0 Å². The number of para-hydroxylation sites is 2. The number of rotatable bonds is 5. The molecule has 1 aliphatic rings. The van der Waals surface area contributed by atoms with Crippen LogP contribution in [0.3, 0.4) is 0 Å². The Morgan fingerprint density at radius 1 is 1.33 bits per heavy atom. The predicted octanol–water partition coefficient (Wildman–Crippen LogP) is 2.08. The van der Waals surface area contributed by atoms with Crippen LogP contribution in [-0.4, -0.2) is 33.8 Å². The molecule has 0 spiro atoms. The van der Waals surface area contributed by atoms with E-state index in [-0.39, 0.29) is 11.4 Å². The maximum atomic E-state index is 11.7. The van der Waals surface area contributed by atoms with Gasteiger partial charge in [0.25, 0.3) is 0 Å². The van der Waals surface area contributed by atoms with Gasteiger partial charge in [-0.1, -0.05) is 12.1 Å². The van der Waals surface area contributed by atoms with E-state index in [1.165, 1.54) is 7.11 Å². The summed E-state index contributed by atoms with van der Waals surface area (Å²) in [6, 6.07) is 7.81. The highest BCUT2D eigenvalue weighted by atomic mass is 16.5. The highest BCUT2D eigenvalue weighted by Crippen LogP contribution is 2.48. The van der Waals surface area contributed by atoms with E-state index < -0.39 is 0 Å². The van der Waals surface area contributed by atoms with E-state index in [1.807, 2.05) is 31.3 Å². The van der Waals surface area contributed by atoms with Crippen molar-refractivity contribution in [1.82, 2.24) is 0 Å². The topological polar surface area (TPSA) is 38.8 Å². The molecular formula is C14H19NO3. The van der Waals surface area contributed by atoms with E-state index in [0.717, 1.165) is 24.3 Å². The summed E-state index contributed by atoms with van der Waals surface area (Å²) in [5.74, 6) is 0.713. The number of methoxy groups -OCH3 is 2. The van der Waals surface area contributed by atoms with Crippen molar-refractivity contribution in [2.45, 2.75) is 12.8 Å². The third-order valence-electron chi connectivity index (χ3n) is 3.51. The van der Waals surface area contributed by atoms with Gasteiger partial charge in [-0.15, -0.1) is 0 Å². The first-order chi connectivity index (χ1) is 8.63. The Kier molecular flexibility index (Phi) is 3.45. The van der Waals surface area contributed by atoms with Crippen molar-refractivity contribution in [3.8, 4) is 5.75 Å². The third kappa shape index (κ3) is 2.28. The zero-order valence-corrected chi connectivity index (χ0v) is 11.1. The number of benzene rings is 1. The lowest BCUT2D eigenvalue weighted by atomic mass is 10.1.